The average Bonchev–Trinajstić information content (AvgIpc) is 2.75. The predicted octanol–water partition coefficient (Wildman–Crippen LogP) is 0.299. The Balaban J connectivity index is 2.05. The van der Waals surface area contributed by atoms with Crippen LogP contribution in [0.15, 0.2) is 24.3 Å². The number of rotatable bonds is 4. The van der Waals surface area contributed by atoms with Crippen molar-refractivity contribution in [3.05, 3.63) is 40.2 Å². The number of aryl methyl sites for hydroxylation is 1. The van der Waals surface area contributed by atoms with Crippen molar-refractivity contribution in [2.75, 3.05) is 5.32 Å². The van der Waals surface area contributed by atoms with E-state index in [1.54, 1.807) is 13.1 Å². The molecule has 1 aromatic heterocycles. The summed E-state index contributed by atoms with van der Waals surface area (Å²) in [7, 11) is 1.62. The van der Waals surface area contributed by atoms with Gasteiger partial charge in [0, 0.05) is 24.9 Å². The summed E-state index contributed by atoms with van der Waals surface area (Å²) in [5.41, 5.74) is 0.271. The molecule has 2 rings (SSSR count). The van der Waals surface area contributed by atoms with Crippen LogP contribution in [-0.2, 0) is 18.3 Å². The van der Waals surface area contributed by atoms with Gasteiger partial charge in [-0.15, -0.1) is 5.10 Å². The molecule has 0 bridgehead atoms. The highest BCUT2D eigenvalue weighted by molar-refractivity contribution is 5.92. The minimum absolute atomic E-state index is 0.00775. The molecule has 0 aliphatic rings. The smallest absolute Gasteiger partial charge is 0.271 e. The molecule has 1 N–H and O–H groups in total. The number of carbonyl (C=O) groups excluding carboxylic acids is 1. The van der Waals surface area contributed by atoms with Crippen LogP contribution in [0.25, 0.3) is 0 Å². The van der Waals surface area contributed by atoms with Crippen LogP contribution in [0.2, 0.25) is 0 Å². The van der Waals surface area contributed by atoms with E-state index >= 15 is 0 Å². The molecule has 0 aliphatic carbocycles. The number of carbonyl (C=O) groups is 1. The number of benzene rings is 1. The van der Waals surface area contributed by atoms with Crippen LogP contribution in [0.4, 0.5) is 11.4 Å². The Kier molecular flexibility index (Phi) is 3.46. The lowest BCUT2D eigenvalue weighted by atomic mass is 10.2. The fraction of sp³-hybridized carbons (Fsp3) is 0.200. The van der Waals surface area contributed by atoms with Gasteiger partial charge in [0.05, 0.1) is 11.3 Å². The molecule has 2 aromatic rings. The third-order valence-electron chi connectivity index (χ3n) is 2.37. The summed E-state index contributed by atoms with van der Waals surface area (Å²) >= 11 is 0. The quantitative estimate of drug-likeness (QED) is 0.625. The van der Waals surface area contributed by atoms with E-state index in [1.807, 2.05) is 0 Å². The molecule has 1 amide bonds. The number of hydrogen-bond donors (Lipinski definition) is 1. The number of aromatic nitrogens is 4. The molecule has 0 fully saturated rings. The SMILES string of the molecule is Cn1nnnc1CC(=O)Nc1cccc([N+](=O)[O-])c1. The first-order chi connectivity index (χ1) is 9.06. The number of anilines is 1. The zero-order valence-electron chi connectivity index (χ0n) is 9.98. The molecule has 19 heavy (non-hydrogen) atoms. The maximum atomic E-state index is 11.7. The van der Waals surface area contributed by atoms with Crippen molar-refractivity contribution in [3.8, 4) is 0 Å². The minimum atomic E-state index is -0.526. The van der Waals surface area contributed by atoms with Crippen molar-refractivity contribution in [2.24, 2.45) is 7.05 Å². The number of nitrogens with zero attached hydrogens (tertiary/aromatic N) is 5. The Morgan fingerprint density at radius 1 is 1.53 bits per heavy atom. The van der Waals surface area contributed by atoms with Crippen molar-refractivity contribution in [1.82, 2.24) is 20.2 Å². The van der Waals surface area contributed by atoms with Crippen LogP contribution in [0.5, 0.6) is 0 Å². The van der Waals surface area contributed by atoms with Gasteiger partial charge >= 0.3 is 0 Å². The number of amides is 1. The summed E-state index contributed by atoms with van der Waals surface area (Å²) in [5.74, 6) is 0.0568. The van der Waals surface area contributed by atoms with Gasteiger partial charge in [-0.3, -0.25) is 14.9 Å². The number of tetrazole rings is 1. The van der Waals surface area contributed by atoms with E-state index in [1.165, 1.54) is 22.9 Å². The third-order valence-corrected chi connectivity index (χ3v) is 2.37. The van der Waals surface area contributed by atoms with Gasteiger partial charge in [0.1, 0.15) is 0 Å². The second kappa shape index (κ2) is 5.21. The van der Waals surface area contributed by atoms with Crippen molar-refractivity contribution in [2.45, 2.75) is 6.42 Å². The highest BCUT2D eigenvalue weighted by Crippen LogP contribution is 2.17. The van der Waals surface area contributed by atoms with E-state index in [0.29, 0.717) is 11.5 Å². The zero-order chi connectivity index (χ0) is 13.8. The van der Waals surface area contributed by atoms with Gasteiger partial charge < -0.3 is 5.32 Å². The van der Waals surface area contributed by atoms with Gasteiger partial charge in [0.15, 0.2) is 5.82 Å². The highest BCUT2D eigenvalue weighted by Gasteiger charge is 2.11. The number of nitro groups is 1. The topological polar surface area (TPSA) is 116 Å². The molecule has 0 spiro atoms. The van der Waals surface area contributed by atoms with Crippen LogP contribution in [0.3, 0.4) is 0 Å². The standard InChI is InChI=1S/C10H10N6O3/c1-15-9(12-13-14-15)6-10(17)11-7-3-2-4-8(5-7)16(18)19/h2-5H,6H2,1H3,(H,11,17). The van der Waals surface area contributed by atoms with E-state index in [4.69, 9.17) is 0 Å². The molecule has 0 unspecified atom stereocenters. The maximum Gasteiger partial charge on any atom is 0.271 e. The fourth-order valence-electron chi connectivity index (χ4n) is 1.44. The van der Waals surface area contributed by atoms with E-state index in [2.05, 4.69) is 20.8 Å². The van der Waals surface area contributed by atoms with Crippen LogP contribution in [-0.4, -0.2) is 31.0 Å². The van der Waals surface area contributed by atoms with Gasteiger partial charge in [-0.05, 0) is 16.5 Å². The van der Waals surface area contributed by atoms with Gasteiger partial charge in [-0.1, -0.05) is 6.07 Å². The first kappa shape index (κ1) is 12.6. The zero-order valence-corrected chi connectivity index (χ0v) is 9.98. The summed E-state index contributed by atoms with van der Waals surface area (Å²) in [4.78, 5) is 21.8. The lowest BCUT2D eigenvalue weighted by Crippen LogP contribution is -2.17. The maximum absolute atomic E-state index is 11.7. The van der Waals surface area contributed by atoms with Crippen molar-refractivity contribution in [3.63, 3.8) is 0 Å². The molecule has 9 nitrogen and oxygen atoms in total. The Bertz CT molecular complexity index is 623. The van der Waals surface area contributed by atoms with E-state index in [-0.39, 0.29) is 18.0 Å². The van der Waals surface area contributed by atoms with Crippen LogP contribution >= 0.6 is 0 Å². The van der Waals surface area contributed by atoms with Crippen LogP contribution < -0.4 is 5.32 Å². The molecule has 1 aromatic carbocycles. The normalized spacial score (nSPS) is 10.2. The fourth-order valence-corrected chi connectivity index (χ4v) is 1.44. The Hall–Kier alpha value is -2.84. The number of nitro benzene ring substituents is 1. The molecular weight excluding hydrogens is 252 g/mol. The molecule has 0 radical (unpaired) electrons. The lowest BCUT2D eigenvalue weighted by Gasteiger charge is -2.04. The second-order valence-electron chi connectivity index (χ2n) is 3.75. The summed E-state index contributed by atoms with van der Waals surface area (Å²) in [5, 5.41) is 23.8. The van der Waals surface area contributed by atoms with Gasteiger partial charge in [0.2, 0.25) is 5.91 Å². The van der Waals surface area contributed by atoms with Crippen LogP contribution in [0, 0.1) is 10.1 Å². The summed E-state index contributed by atoms with van der Waals surface area (Å²) in [6, 6.07) is 5.70. The number of hydrogen-bond acceptors (Lipinski definition) is 6. The lowest BCUT2D eigenvalue weighted by molar-refractivity contribution is -0.384. The molecule has 9 heteroatoms. The number of non-ortho nitro benzene ring substituents is 1. The largest absolute Gasteiger partial charge is 0.325 e. The van der Waals surface area contributed by atoms with Gasteiger partial charge in [-0.25, -0.2) is 4.68 Å². The van der Waals surface area contributed by atoms with E-state index in [9.17, 15) is 14.9 Å². The van der Waals surface area contributed by atoms with Crippen molar-refractivity contribution >= 4 is 17.3 Å². The molecule has 0 saturated heterocycles. The minimum Gasteiger partial charge on any atom is -0.325 e. The third kappa shape index (κ3) is 3.09. The molecule has 98 valence electrons. The summed E-state index contributed by atoms with van der Waals surface area (Å²) in [6.07, 6.45) is -0.00775. The van der Waals surface area contributed by atoms with E-state index in [0.717, 1.165) is 0 Å². The van der Waals surface area contributed by atoms with Crippen LogP contribution in [0.1, 0.15) is 5.82 Å². The molecule has 1 heterocycles. The molecular formula is C10H10N6O3. The Morgan fingerprint density at radius 2 is 2.32 bits per heavy atom. The molecule has 0 atom stereocenters. The highest BCUT2D eigenvalue weighted by atomic mass is 16.6. The second-order valence-corrected chi connectivity index (χ2v) is 3.75. The summed E-state index contributed by atoms with van der Waals surface area (Å²) in [6.45, 7) is 0. The average molecular weight is 262 g/mol. The molecule has 0 saturated carbocycles. The Morgan fingerprint density at radius 3 is 2.95 bits per heavy atom. The van der Waals surface area contributed by atoms with Gasteiger partial charge in [0.25, 0.3) is 5.69 Å². The monoisotopic (exact) mass is 262 g/mol. The van der Waals surface area contributed by atoms with Crippen molar-refractivity contribution in [1.29, 1.82) is 0 Å². The first-order valence-electron chi connectivity index (χ1n) is 5.32. The predicted molar refractivity (Wildman–Crippen MR) is 64.2 cm³/mol. The number of nitrogens with one attached hydrogen (secondary N) is 1. The molecule has 0 aliphatic heterocycles. The van der Waals surface area contributed by atoms with Gasteiger partial charge in [-0.2, -0.15) is 0 Å². The Labute approximate surface area is 107 Å². The van der Waals surface area contributed by atoms with E-state index < -0.39 is 4.92 Å². The first-order valence-corrected chi connectivity index (χ1v) is 5.32. The summed E-state index contributed by atoms with van der Waals surface area (Å²) < 4.78 is 1.38. The van der Waals surface area contributed by atoms with Crippen molar-refractivity contribution < 1.29 is 9.72 Å².